The summed E-state index contributed by atoms with van der Waals surface area (Å²) in [5.74, 6) is -0.377. The molecule has 3 heterocycles. The van der Waals surface area contributed by atoms with Gasteiger partial charge in [0.1, 0.15) is 0 Å². The van der Waals surface area contributed by atoms with E-state index in [2.05, 4.69) is 19.9 Å². The van der Waals surface area contributed by atoms with Gasteiger partial charge in [-0.2, -0.15) is 0 Å². The molecule has 8 heteroatoms. The smallest absolute Gasteiger partial charge is 0.197 e. The molecule has 6 nitrogen and oxygen atoms in total. The molecule has 1 saturated carbocycles. The number of hydrogen-bond donors (Lipinski definition) is 0. The number of benzene rings is 1. The van der Waals surface area contributed by atoms with Crippen LogP contribution in [0.2, 0.25) is 0 Å². The number of ether oxygens (including phenoxy) is 1. The van der Waals surface area contributed by atoms with Gasteiger partial charge >= 0.3 is 0 Å². The highest BCUT2D eigenvalue weighted by Crippen LogP contribution is 2.55. The largest absolute Gasteiger partial charge is 0.377 e. The highest BCUT2D eigenvalue weighted by molar-refractivity contribution is 5.53. The molecule has 2 aliphatic rings. The zero-order valence-electron chi connectivity index (χ0n) is 15.8. The van der Waals surface area contributed by atoms with Crippen LogP contribution in [0.3, 0.4) is 0 Å². The minimum Gasteiger partial charge on any atom is -0.377 e. The first-order valence-corrected chi connectivity index (χ1v) is 9.50. The lowest BCUT2D eigenvalue weighted by atomic mass is 10.0. The van der Waals surface area contributed by atoms with E-state index in [1.165, 1.54) is 6.07 Å². The molecular formula is C21H19F2N5O. The molecule has 29 heavy (non-hydrogen) atoms. The Morgan fingerprint density at radius 2 is 1.59 bits per heavy atom. The first-order valence-electron chi connectivity index (χ1n) is 9.50. The molecule has 0 radical (unpaired) electrons. The standard InChI is InChI=1S/C21H19F2N5O/c1-28(14-10-29-11-14)18-6-12(5-17(22)19(18)23)15-7-16(15)13-8-26-21(27-9-13)20-24-3-2-4-25-20/h2-6,8-9,14-16H,7,10-11H2,1H3/t15-,16-/m0/s1. The van der Waals surface area contributed by atoms with Crippen molar-refractivity contribution in [3.8, 4) is 11.6 Å². The van der Waals surface area contributed by atoms with Gasteiger partial charge in [0.05, 0.1) is 24.9 Å². The van der Waals surface area contributed by atoms with Crippen LogP contribution in [0.5, 0.6) is 0 Å². The summed E-state index contributed by atoms with van der Waals surface area (Å²) in [5.41, 5.74) is 2.06. The third kappa shape index (κ3) is 3.33. The Hall–Kier alpha value is -3.00. The predicted molar refractivity (Wildman–Crippen MR) is 103 cm³/mol. The quantitative estimate of drug-likeness (QED) is 0.660. The summed E-state index contributed by atoms with van der Waals surface area (Å²) >= 11 is 0. The molecule has 1 saturated heterocycles. The number of anilines is 1. The summed E-state index contributed by atoms with van der Waals surface area (Å²) in [7, 11) is 1.78. The van der Waals surface area contributed by atoms with Crippen LogP contribution in [0.1, 0.15) is 29.4 Å². The van der Waals surface area contributed by atoms with Crippen LogP contribution in [0.4, 0.5) is 14.5 Å². The van der Waals surface area contributed by atoms with Crippen molar-refractivity contribution >= 4 is 5.69 Å². The second-order valence-corrected chi connectivity index (χ2v) is 7.50. The van der Waals surface area contributed by atoms with Gasteiger partial charge in [0.25, 0.3) is 0 Å². The fourth-order valence-electron chi connectivity index (χ4n) is 3.70. The minimum absolute atomic E-state index is 0.0790. The van der Waals surface area contributed by atoms with Gasteiger partial charge in [-0.3, -0.25) is 0 Å². The zero-order valence-corrected chi connectivity index (χ0v) is 15.8. The Labute approximate surface area is 166 Å². The summed E-state index contributed by atoms with van der Waals surface area (Å²) < 4.78 is 33.8. The van der Waals surface area contributed by atoms with E-state index in [1.807, 2.05) is 0 Å². The molecule has 0 amide bonds. The van der Waals surface area contributed by atoms with Crippen LogP contribution in [0.25, 0.3) is 11.6 Å². The molecule has 1 aromatic carbocycles. The van der Waals surface area contributed by atoms with Gasteiger partial charge in [-0.05, 0) is 47.6 Å². The predicted octanol–water partition coefficient (Wildman–Crippen LogP) is 3.32. The first-order chi connectivity index (χ1) is 14.1. The maximum absolute atomic E-state index is 14.4. The second kappa shape index (κ2) is 7.11. The van der Waals surface area contributed by atoms with Gasteiger partial charge in [0.15, 0.2) is 23.3 Å². The van der Waals surface area contributed by atoms with Crippen molar-refractivity contribution in [1.82, 2.24) is 19.9 Å². The Bertz CT molecular complexity index is 1030. The summed E-state index contributed by atoms with van der Waals surface area (Å²) in [5, 5.41) is 0. The Morgan fingerprint density at radius 1 is 0.931 bits per heavy atom. The maximum atomic E-state index is 14.4. The van der Waals surface area contributed by atoms with Crippen LogP contribution in [0.15, 0.2) is 43.0 Å². The van der Waals surface area contributed by atoms with Crippen molar-refractivity contribution in [2.24, 2.45) is 0 Å². The van der Waals surface area contributed by atoms with Crippen LogP contribution < -0.4 is 4.90 Å². The molecule has 0 spiro atoms. The monoisotopic (exact) mass is 395 g/mol. The summed E-state index contributed by atoms with van der Waals surface area (Å²) in [6.07, 6.45) is 7.67. The molecule has 3 aromatic rings. The Kier molecular flexibility index (Phi) is 4.43. The van der Waals surface area contributed by atoms with E-state index in [0.29, 0.717) is 24.9 Å². The molecule has 148 valence electrons. The van der Waals surface area contributed by atoms with E-state index in [9.17, 15) is 8.78 Å². The molecule has 1 aliphatic heterocycles. The molecule has 2 atom stereocenters. The Morgan fingerprint density at radius 3 is 2.24 bits per heavy atom. The van der Waals surface area contributed by atoms with E-state index in [0.717, 1.165) is 17.5 Å². The van der Waals surface area contributed by atoms with Crippen LogP contribution >= 0.6 is 0 Å². The molecule has 5 rings (SSSR count). The molecule has 2 fully saturated rings. The fraction of sp³-hybridized carbons (Fsp3) is 0.333. The molecule has 0 bridgehead atoms. The van der Waals surface area contributed by atoms with Crippen molar-refractivity contribution in [1.29, 1.82) is 0 Å². The zero-order chi connectivity index (χ0) is 20.0. The van der Waals surface area contributed by atoms with Crippen molar-refractivity contribution in [3.05, 3.63) is 65.7 Å². The van der Waals surface area contributed by atoms with Crippen molar-refractivity contribution in [3.63, 3.8) is 0 Å². The average Bonchev–Trinajstić information content (AvgIpc) is 3.50. The van der Waals surface area contributed by atoms with E-state index in [-0.39, 0.29) is 23.6 Å². The summed E-state index contributed by atoms with van der Waals surface area (Å²) in [6, 6.07) is 4.88. The normalized spacial score (nSPS) is 20.9. The lowest BCUT2D eigenvalue weighted by Crippen LogP contribution is -2.47. The maximum Gasteiger partial charge on any atom is 0.197 e. The molecular weight excluding hydrogens is 376 g/mol. The van der Waals surface area contributed by atoms with Crippen LogP contribution in [-0.2, 0) is 4.74 Å². The third-order valence-electron chi connectivity index (χ3n) is 5.66. The lowest BCUT2D eigenvalue weighted by molar-refractivity contribution is 0.00990. The van der Waals surface area contributed by atoms with Gasteiger partial charge in [0, 0.05) is 31.8 Å². The van der Waals surface area contributed by atoms with Crippen LogP contribution in [0, 0.1) is 11.6 Å². The van der Waals surface area contributed by atoms with Gasteiger partial charge in [-0.25, -0.2) is 28.7 Å². The van der Waals surface area contributed by atoms with E-state index < -0.39 is 11.6 Å². The minimum atomic E-state index is -0.817. The van der Waals surface area contributed by atoms with Crippen molar-refractivity contribution in [2.45, 2.75) is 24.3 Å². The molecule has 0 N–H and O–H groups in total. The van der Waals surface area contributed by atoms with Crippen LogP contribution in [-0.4, -0.2) is 46.2 Å². The van der Waals surface area contributed by atoms with E-state index >= 15 is 0 Å². The van der Waals surface area contributed by atoms with Crippen molar-refractivity contribution < 1.29 is 13.5 Å². The highest BCUT2D eigenvalue weighted by atomic mass is 19.2. The Balaban J connectivity index is 1.36. The van der Waals surface area contributed by atoms with Gasteiger partial charge in [-0.15, -0.1) is 0 Å². The van der Waals surface area contributed by atoms with Gasteiger partial charge in [-0.1, -0.05) is 0 Å². The number of halogens is 2. The average molecular weight is 395 g/mol. The second-order valence-electron chi connectivity index (χ2n) is 7.50. The molecule has 1 aliphatic carbocycles. The molecule has 2 aromatic heterocycles. The van der Waals surface area contributed by atoms with E-state index in [1.54, 1.807) is 48.9 Å². The first kappa shape index (κ1) is 18.1. The fourth-order valence-corrected chi connectivity index (χ4v) is 3.70. The highest BCUT2D eigenvalue weighted by Gasteiger charge is 2.41. The summed E-state index contributed by atoms with van der Waals surface area (Å²) in [6.45, 7) is 1.06. The number of rotatable bonds is 5. The third-order valence-corrected chi connectivity index (χ3v) is 5.66. The topological polar surface area (TPSA) is 64.0 Å². The SMILES string of the molecule is CN(c1cc([C@@H]2C[C@H]2c2cnc(-c3ncccn3)nc2)cc(F)c1F)C1COC1. The lowest BCUT2D eigenvalue weighted by Gasteiger charge is -2.36. The number of aromatic nitrogens is 4. The number of nitrogens with zero attached hydrogens (tertiary/aromatic N) is 5. The number of likely N-dealkylation sites (N-methyl/N-ethyl adjacent to an activating group) is 1. The van der Waals surface area contributed by atoms with Gasteiger partial charge < -0.3 is 9.64 Å². The summed E-state index contributed by atoms with van der Waals surface area (Å²) in [4.78, 5) is 18.8. The number of hydrogen-bond acceptors (Lipinski definition) is 6. The molecule has 0 unspecified atom stereocenters. The van der Waals surface area contributed by atoms with E-state index in [4.69, 9.17) is 4.74 Å². The van der Waals surface area contributed by atoms with Crippen molar-refractivity contribution in [2.75, 3.05) is 25.2 Å². The van der Waals surface area contributed by atoms with Gasteiger partial charge in [0.2, 0.25) is 0 Å².